The van der Waals surface area contributed by atoms with Gasteiger partial charge in [-0.3, -0.25) is 0 Å². The van der Waals surface area contributed by atoms with Crippen molar-refractivity contribution in [1.82, 2.24) is 0 Å². The van der Waals surface area contributed by atoms with Crippen LogP contribution >= 0.6 is 0 Å². The van der Waals surface area contributed by atoms with Crippen molar-refractivity contribution in [3.8, 4) is 0 Å². The maximum Gasteiger partial charge on any atom is 0.460 e. The molecule has 0 radical (unpaired) electrons. The highest BCUT2D eigenvalue weighted by atomic mass is 19.4. The van der Waals surface area contributed by atoms with Crippen molar-refractivity contribution in [2.75, 3.05) is 6.61 Å². The second-order valence-corrected chi connectivity index (χ2v) is 7.12. The first-order valence-electron chi connectivity index (χ1n) is 8.90. The van der Waals surface area contributed by atoms with E-state index in [9.17, 15) is 92.6 Å². The fraction of sp³-hybridized carbons (Fsp3) is 0.812. The third kappa shape index (κ3) is 5.06. The molecule has 0 aliphatic carbocycles. The molecule has 0 amide bonds. The Morgan fingerprint density at radius 3 is 1.24 bits per heavy atom. The number of ether oxygens (including phenoxy) is 1. The van der Waals surface area contributed by atoms with Gasteiger partial charge in [-0.15, -0.1) is 0 Å². The van der Waals surface area contributed by atoms with E-state index in [-0.39, 0.29) is 0 Å². The van der Waals surface area contributed by atoms with E-state index in [4.69, 9.17) is 0 Å². The highest BCUT2D eigenvalue weighted by Gasteiger charge is 2.97. The molecule has 0 aromatic carbocycles. The summed E-state index contributed by atoms with van der Waals surface area (Å²) in [6, 6.07) is 0. The van der Waals surface area contributed by atoms with Crippen LogP contribution in [0.1, 0.15) is 12.8 Å². The van der Waals surface area contributed by atoms with Crippen LogP contribution in [-0.2, 0) is 9.53 Å². The monoisotopic (exact) mass is 614 g/mol. The Morgan fingerprint density at radius 2 is 0.921 bits per heavy atom. The molecule has 0 saturated heterocycles. The second kappa shape index (κ2) is 10.1. The first-order valence-corrected chi connectivity index (χ1v) is 8.90. The fourth-order valence-electron chi connectivity index (χ4n) is 2.25. The molecule has 0 aliphatic rings. The van der Waals surface area contributed by atoms with Gasteiger partial charge in [-0.1, -0.05) is 6.58 Å². The molecular formula is C16H10F20O2. The van der Waals surface area contributed by atoms with Crippen LogP contribution < -0.4 is 0 Å². The number of carbonyl (C=O) groups is 1. The second-order valence-electron chi connectivity index (χ2n) is 7.12. The summed E-state index contributed by atoms with van der Waals surface area (Å²) in [5, 5.41) is 0. The van der Waals surface area contributed by atoms with Gasteiger partial charge in [-0.05, 0) is 12.8 Å². The number of halogens is 20. The maximum absolute atomic E-state index is 13.6. The van der Waals surface area contributed by atoms with Crippen molar-refractivity contribution in [2.45, 2.75) is 72.6 Å². The minimum Gasteiger partial charge on any atom is -0.463 e. The Bertz CT molecular complexity index is 858. The van der Waals surface area contributed by atoms with E-state index in [0.29, 0.717) is 6.08 Å². The van der Waals surface area contributed by atoms with Crippen LogP contribution in [0.15, 0.2) is 12.7 Å². The molecule has 1 atom stereocenters. The predicted octanol–water partition coefficient (Wildman–Crippen LogP) is 7.48. The number of carbonyl (C=O) groups excluding carboxylic acids is 1. The normalized spacial score (nSPS) is 16.3. The lowest BCUT2D eigenvalue weighted by atomic mass is 9.86. The molecule has 2 nitrogen and oxygen atoms in total. The van der Waals surface area contributed by atoms with E-state index in [0.717, 1.165) is 0 Å². The number of hydrogen-bond acceptors (Lipinski definition) is 2. The molecule has 0 saturated carbocycles. The summed E-state index contributed by atoms with van der Waals surface area (Å²) in [4.78, 5) is 10.6. The molecule has 0 aromatic rings. The summed E-state index contributed by atoms with van der Waals surface area (Å²) in [5.41, 5.74) is 0. The molecular weight excluding hydrogens is 604 g/mol. The van der Waals surface area contributed by atoms with Gasteiger partial charge in [0.2, 0.25) is 0 Å². The SMILES string of the molecule is C=CC(=O)OCCCC(F)C(F)(F)C(F)(F)C(F)(F)C(F)(F)C(F)(F)C(F)(F)C(F)(F)C(F)(F)C(F)(F)F. The lowest BCUT2D eigenvalue weighted by molar-refractivity contribution is -0.470. The van der Waals surface area contributed by atoms with Crippen LogP contribution in [0.3, 0.4) is 0 Å². The number of rotatable bonds is 13. The first kappa shape index (κ1) is 35.8. The van der Waals surface area contributed by atoms with Gasteiger partial charge in [0.1, 0.15) is 0 Å². The lowest BCUT2D eigenvalue weighted by Gasteiger charge is -2.44. The Morgan fingerprint density at radius 1 is 0.605 bits per heavy atom. The van der Waals surface area contributed by atoms with E-state index in [1.807, 2.05) is 0 Å². The van der Waals surface area contributed by atoms with E-state index in [2.05, 4.69) is 11.3 Å². The summed E-state index contributed by atoms with van der Waals surface area (Å²) in [7, 11) is 0. The molecule has 226 valence electrons. The Balaban J connectivity index is 6.52. The van der Waals surface area contributed by atoms with Gasteiger partial charge in [0, 0.05) is 6.08 Å². The molecule has 1 unspecified atom stereocenters. The molecule has 22 heteroatoms. The Kier molecular flexibility index (Phi) is 9.51. The summed E-state index contributed by atoms with van der Waals surface area (Å²) < 4.78 is 268. The van der Waals surface area contributed by atoms with Crippen LogP contribution in [0.4, 0.5) is 87.8 Å². The van der Waals surface area contributed by atoms with Crippen LogP contribution in [0, 0.1) is 0 Å². The first-order chi connectivity index (χ1) is 16.4. The van der Waals surface area contributed by atoms with Crippen molar-refractivity contribution < 1.29 is 97.3 Å². The minimum atomic E-state index is -9.06. The largest absolute Gasteiger partial charge is 0.463 e. The third-order valence-corrected chi connectivity index (χ3v) is 4.55. The number of esters is 1. The van der Waals surface area contributed by atoms with E-state index in [1.165, 1.54) is 0 Å². The van der Waals surface area contributed by atoms with Crippen molar-refractivity contribution >= 4 is 5.97 Å². The molecule has 0 fully saturated rings. The zero-order valence-corrected chi connectivity index (χ0v) is 17.4. The van der Waals surface area contributed by atoms with Crippen LogP contribution in [-0.4, -0.2) is 72.3 Å². The zero-order chi connectivity index (χ0) is 31.2. The zero-order valence-electron chi connectivity index (χ0n) is 17.4. The van der Waals surface area contributed by atoms with Gasteiger partial charge in [0.15, 0.2) is 6.17 Å². The van der Waals surface area contributed by atoms with Crippen molar-refractivity contribution in [1.29, 1.82) is 0 Å². The summed E-state index contributed by atoms with van der Waals surface area (Å²) in [6.45, 7) is 1.63. The topological polar surface area (TPSA) is 26.3 Å². The fourth-order valence-corrected chi connectivity index (χ4v) is 2.25. The summed E-state index contributed by atoms with van der Waals surface area (Å²) in [5.74, 6) is -69.8. The summed E-state index contributed by atoms with van der Waals surface area (Å²) >= 11 is 0. The van der Waals surface area contributed by atoms with E-state index < -0.39 is 85.1 Å². The van der Waals surface area contributed by atoms with Crippen LogP contribution in [0.25, 0.3) is 0 Å². The molecule has 0 bridgehead atoms. The van der Waals surface area contributed by atoms with Gasteiger partial charge >= 0.3 is 59.5 Å². The predicted molar refractivity (Wildman–Crippen MR) is 80.9 cm³/mol. The average molecular weight is 614 g/mol. The van der Waals surface area contributed by atoms with Gasteiger partial charge in [-0.25, -0.2) is 9.18 Å². The van der Waals surface area contributed by atoms with Gasteiger partial charge in [0.25, 0.3) is 0 Å². The van der Waals surface area contributed by atoms with Gasteiger partial charge < -0.3 is 4.74 Å². The molecule has 0 N–H and O–H groups in total. The van der Waals surface area contributed by atoms with E-state index in [1.54, 1.807) is 0 Å². The quantitative estimate of drug-likeness (QED) is 0.0932. The molecule has 38 heavy (non-hydrogen) atoms. The number of hydrogen-bond donors (Lipinski definition) is 0. The highest BCUT2D eigenvalue weighted by molar-refractivity contribution is 5.81. The molecule has 0 rings (SSSR count). The number of alkyl halides is 20. The van der Waals surface area contributed by atoms with Crippen LogP contribution in [0.5, 0.6) is 0 Å². The summed E-state index contributed by atoms with van der Waals surface area (Å²) in [6.07, 6.45) is -15.8. The van der Waals surface area contributed by atoms with Crippen LogP contribution in [0.2, 0.25) is 0 Å². The average Bonchev–Trinajstić information content (AvgIpc) is 2.74. The van der Waals surface area contributed by atoms with Crippen molar-refractivity contribution in [2.24, 2.45) is 0 Å². The molecule has 0 heterocycles. The van der Waals surface area contributed by atoms with Crippen molar-refractivity contribution in [3.05, 3.63) is 12.7 Å². The molecule has 0 aromatic heterocycles. The lowest BCUT2D eigenvalue weighted by Crippen LogP contribution is -2.76. The highest BCUT2D eigenvalue weighted by Crippen LogP contribution is 2.65. The third-order valence-electron chi connectivity index (χ3n) is 4.55. The minimum absolute atomic E-state index is 0.405. The van der Waals surface area contributed by atoms with Gasteiger partial charge in [0.05, 0.1) is 6.61 Å². The standard InChI is InChI=1S/C16H10F20O2/c1-2-7(37)38-5-3-4-6(17)8(18,19)9(20,21)10(22,23)11(24,25)12(26,27)13(28,29)14(30,31)15(32,33)16(34,35)36/h2,6H,1,3-5H2. The van der Waals surface area contributed by atoms with Gasteiger partial charge in [-0.2, -0.15) is 83.4 Å². The maximum atomic E-state index is 13.6. The Labute approximate surface area is 196 Å². The van der Waals surface area contributed by atoms with Crippen molar-refractivity contribution in [3.63, 3.8) is 0 Å². The smallest absolute Gasteiger partial charge is 0.460 e. The molecule has 0 spiro atoms. The van der Waals surface area contributed by atoms with E-state index >= 15 is 0 Å². The molecule has 0 aliphatic heterocycles. The Hall–Kier alpha value is -2.19.